The third-order valence-corrected chi connectivity index (χ3v) is 3.46. The molecule has 3 aromatic rings. The van der Waals surface area contributed by atoms with Crippen LogP contribution in [0.4, 0.5) is 0 Å². The van der Waals surface area contributed by atoms with Crippen LogP contribution in [0.25, 0.3) is 11.1 Å². The first-order chi connectivity index (χ1) is 9.33. The summed E-state index contributed by atoms with van der Waals surface area (Å²) >= 11 is 6.86. The fraction of sp³-hybridized carbons (Fsp3) is 0. The molecule has 0 aliphatic rings. The molecule has 0 saturated carbocycles. The molecule has 1 aromatic heterocycles. The molecule has 94 valence electrons. The van der Waals surface area contributed by atoms with Crippen molar-refractivity contribution >= 4 is 23.3 Å². The summed E-state index contributed by atoms with van der Waals surface area (Å²) < 4.78 is 13.4. The molecule has 0 atom stereocenters. The molecular formula is C14H9ClN2OS. The smallest absolute Gasteiger partial charge is 0.270 e. The molecule has 19 heavy (non-hydrogen) atoms. The van der Waals surface area contributed by atoms with Gasteiger partial charge in [-0.25, -0.2) is 0 Å². The zero-order chi connectivity index (χ0) is 13.1. The van der Waals surface area contributed by atoms with Gasteiger partial charge in [-0.3, -0.25) is 0 Å². The maximum Gasteiger partial charge on any atom is 0.270 e. The largest absolute Gasteiger partial charge is 0.436 e. The number of rotatable bonds is 3. The first-order valence-corrected chi connectivity index (χ1v) is 6.75. The first-order valence-electron chi connectivity index (χ1n) is 5.64. The second kappa shape index (κ2) is 5.38. The van der Waals surface area contributed by atoms with Gasteiger partial charge in [0.05, 0.1) is 11.7 Å². The van der Waals surface area contributed by atoms with Crippen molar-refractivity contribution in [3.05, 3.63) is 59.8 Å². The Kier molecular flexibility index (Phi) is 3.44. The summed E-state index contributed by atoms with van der Waals surface area (Å²) in [6.45, 7) is 0. The van der Waals surface area contributed by atoms with Crippen molar-refractivity contribution in [1.29, 1.82) is 0 Å². The van der Waals surface area contributed by atoms with Crippen molar-refractivity contribution in [3.8, 4) is 22.8 Å². The van der Waals surface area contributed by atoms with E-state index in [9.17, 15) is 0 Å². The molecule has 1 heterocycles. The quantitative estimate of drug-likeness (QED) is 0.703. The van der Waals surface area contributed by atoms with E-state index < -0.39 is 0 Å². The Morgan fingerprint density at radius 2 is 1.53 bits per heavy atom. The second-order valence-corrected chi connectivity index (χ2v) is 4.74. The zero-order valence-electron chi connectivity index (χ0n) is 9.79. The van der Waals surface area contributed by atoms with E-state index in [1.54, 1.807) is 0 Å². The van der Waals surface area contributed by atoms with Gasteiger partial charge < -0.3 is 4.74 Å². The van der Waals surface area contributed by atoms with Gasteiger partial charge in [0.25, 0.3) is 5.88 Å². The molecule has 2 aromatic carbocycles. The van der Waals surface area contributed by atoms with E-state index >= 15 is 0 Å². The van der Waals surface area contributed by atoms with Crippen molar-refractivity contribution in [2.24, 2.45) is 0 Å². The number of hydrogen-bond acceptors (Lipinski definition) is 4. The van der Waals surface area contributed by atoms with E-state index in [1.165, 1.54) is 5.56 Å². The number of nitrogens with zero attached hydrogens (tertiary/aromatic N) is 2. The Morgan fingerprint density at radius 1 is 0.842 bits per heavy atom. The topological polar surface area (TPSA) is 35.0 Å². The summed E-state index contributed by atoms with van der Waals surface area (Å²) in [5.74, 6) is 1.04. The van der Waals surface area contributed by atoms with Gasteiger partial charge in [0.2, 0.25) is 5.15 Å². The van der Waals surface area contributed by atoms with Gasteiger partial charge >= 0.3 is 0 Å². The highest BCUT2D eigenvalue weighted by Gasteiger charge is 2.07. The molecule has 0 saturated heterocycles. The monoisotopic (exact) mass is 288 g/mol. The molecular weight excluding hydrogens is 280 g/mol. The highest BCUT2D eigenvalue weighted by Crippen LogP contribution is 2.28. The van der Waals surface area contributed by atoms with Crippen LogP contribution in [0.3, 0.4) is 0 Å². The molecule has 3 rings (SSSR count). The summed E-state index contributed by atoms with van der Waals surface area (Å²) in [6.07, 6.45) is 0. The van der Waals surface area contributed by atoms with E-state index in [2.05, 4.69) is 20.9 Å². The van der Waals surface area contributed by atoms with Crippen LogP contribution < -0.4 is 4.74 Å². The van der Waals surface area contributed by atoms with Crippen molar-refractivity contribution in [2.45, 2.75) is 0 Å². The Bertz CT molecular complexity index is 667. The highest BCUT2D eigenvalue weighted by molar-refractivity contribution is 6.99. The third-order valence-electron chi connectivity index (χ3n) is 2.60. The highest BCUT2D eigenvalue weighted by atomic mass is 35.5. The van der Waals surface area contributed by atoms with Gasteiger partial charge in [0, 0.05) is 0 Å². The Hall–Kier alpha value is -1.91. The minimum absolute atomic E-state index is 0.289. The van der Waals surface area contributed by atoms with Crippen LogP contribution >= 0.6 is 23.3 Å². The predicted molar refractivity (Wildman–Crippen MR) is 76.9 cm³/mol. The van der Waals surface area contributed by atoms with Crippen molar-refractivity contribution in [1.82, 2.24) is 8.75 Å². The lowest BCUT2D eigenvalue weighted by Crippen LogP contribution is -1.85. The van der Waals surface area contributed by atoms with Crippen LogP contribution in [0.2, 0.25) is 5.15 Å². The number of hydrogen-bond donors (Lipinski definition) is 0. The van der Waals surface area contributed by atoms with Crippen molar-refractivity contribution in [2.75, 3.05) is 0 Å². The molecule has 0 aliphatic carbocycles. The standard InChI is InChI=1S/C14H9ClN2OS/c15-13-14(17-19-16-13)18-12-8-6-11(7-9-12)10-4-2-1-3-5-10/h1-9H. The molecule has 0 bridgehead atoms. The SMILES string of the molecule is Clc1nsnc1Oc1ccc(-c2ccccc2)cc1. The van der Waals surface area contributed by atoms with E-state index in [4.69, 9.17) is 16.3 Å². The van der Waals surface area contributed by atoms with E-state index in [1.807, 2.05) is 42.5 Å². The number of aromatic nitrogens is 2. The van der Waals surface area contributed by atoms with Gasteiger partial charge in [-0.05, 0) is 23.3 Å². The normalized spacial score (nSPS) is 10.4. The van der Waals surface area contributed by atoms with Gasteiger partial charge in [-0.2, -0.15) is 4.37 Å². The molecule has 5 heteroatoms. The molecule has 0 amide bonds. The molecule has 0 spiro atoms. The van der Waals surface area contributed by atoms with Crippen LogP contribution in [0, 0.1) is 0 Å². The van der Waals surface area contributed by atoms with Crippen LogP contribution in [-0.2, 0) is 0 Å². The summed E-state index contributed by atoms with van der Waals surface area (Å²) in [7, 11) is 0. The third kappa shape index (κ3) is 2.75. The Morgan fingerprint density at radius 3 is 2.16 bits per heavy atom. The summed E-state index contributed by atoms with van der Waals surface area (Å²) in [4.78, 5) is 0. The average molecular weight is 289 g/mol. The number of halogens is 1. The van der Waals surface area contributed by atoms with Crippen molar-refractivity contribution in [3.63, 3.8) is 0 Å². The van der Waals surface area contributed by atoms with Gasteiger partial charge in [0.15, 0.2) is 0 Å². The number of benzene rings is 2. The van der Waals surface area contributed by atoms with Gasteiger partial charge in [-0.1, -0.05) is 54.1 Å². The molecule has 0 N–H and O–H groups in total. The molecule has 0 unspecified atom stereocenters. The molecule has 3 nitrogen and oxygen atoms in total. The average Bonchev–Trinajstić information content (AvgIpc) is 2.86. The Balaban J connectivity index is 1.82. The van der Waals surface area contributed by atoms with E-state index in [0.29, 0.717) is 11.6 Å². The van der Waals surface area contributed by atoms with Crippen LogP contribution in [-0.4, -0.2) is 8.75 Å². The predicted octanol–water partition coefficient (Wildman–Crippen LogP) is 4.65. The summed E-state index contributed by atoms with van der Waals surface area (Å²) in [5, 5.41) is 0.289. The zero-order valence-corrected chi connectivity index (χ0v) is 11.4. The molecule has 0 aliphatic heterocycles. The minimum Gasteiger partial charge on any atom is -0.436 e. The lowest BCUT2D eigenvalue weighted by atomic mass is 10.1. The van der Waals surface area contributed by atoms with Crippen molar-refractivity contribution < 1.29 is 4.74 Å². The molecule has 0 fully saturated rings. The fourth-order valence-corrected chi connectivity index (χ4v) is 2.30. The summed E-state index contributed by atoms with van der Waals surface area (Å²) in [5.41, 5.74) is 2.30. The van der Waals surface area contributed by atoms with Crippen LogP contribution in [0.1, 0.15) is 0 Å². The van der Waals surface area contributed by atoms with Gasteiger partial charge in [-0.15, -0.1) is 4.37 Å². The minimum atomic E-state index is 0.289. The van der Waals surface area contributed by atoms with Crippen LogP contribution in [0.5, 0.6) is 11.6 Å². The maximum atomic E-state index is 5.83. The Labute approximate surface area is 119 Å². The van der Waals surface area contributed by atoms with E-state index in [0.717, 1.165) is 17.3 Å². The summed E-state index contributed by atoms with van der Waals surface area (Å²) in [6, 6.07) is 17.9. The lowest BCUT2D eigenvalue weighted by Gasteiger charge is -2.04. The van der Waals surface area contributed by atoms with Crippen LogP contribution in [0.15, 0.2) is 54.6 Å². The number of ether oxygens (including phenoxy) is 1. The van der Waals surface area contributed by atoms with E-state index in [-0.39, 0.29) is 5.15 Å². The van der Waals surface area contributed by atoms with Gasteiger partial charge in [0.1, 0.15) is 5.75 Å². The fourth-order valence-electron chi connectivity index (χ4n) is 1.69. The lowest BCUT2D eigenvalue weighted by molar-refractivity contribution is 0.468. The first kappa shape index (κ1) is 12.1. The molecule has 0 radical (unpaired) electrons. The maximum absolute atomic E-state index is 5.83. The second-order valence-electron chi connectivity index (χ2n) is 3.85.